The van der Waals surface area contributed by atoms with E-state index in [-0.39, 0.29) is 12.2 Å². The van der Waals surface area contributed by atoms with Crippen molar-refractivity contribution in [3.63, 3.8) is 0 Å². The van der Waals surface area contributed by atoms with E-state index in [1.54, 1.807) is 12.3 Å². The van der Waals surface area contributed by atoms with E-state index in [0.29, 0.717) is 24.5 Å². The van der Waals surface area contributed by atoms with Gasteiger partial charge in [-0.15, -0.1) is 5.10 Å². The Kier molecular flexibility index (Phi) is 6.37. The number of halogens is 4. The van der Waals surface area contributed by atoms with E-state index in [1.165, 1.54) is 0 Å². The van der Waals surface area contributed by atoms with Crippen LogP contribution in [0.2, 0.25) is 0 Å². The van der Waals surface area contributed by atoms with Crippen LogP contribution in [0.5, 0.6) is 0 Å². The smallest absolute Gasteiger partial charge is 0.376 e. The highest BCUT2D eigenvalue weighted by atomic mass is 19.4. The Bertz CT molecular complexity index is 797. The molecular weight excluding hydrogens is 368 g/mol. The van der Waals surface area contributed by atoms with Crippen molar-refractivity contribution in [3.8, 4) is 0 Å². The number of hydrogen-bond acceptors (Lipinski definition) is 5. The van der Waals surface area contributed by atoms with Crippen LogP contribution in [-0.4, -0.2) is 43.4 Å². The molecule has 2 rings (SSSR count). The first-order chi connectivity index (χ1) is 12.6. The third-order valence-electron chi connectivity index (χ3n) is 3.36. The van der Waals surface area contributed by atoms with Crippen molar-refractivity contribution in [3.05, 3.63) is 41.8 Å². The van der Waals surface area contributed by atoms with Crippen LogP contribution in [0.25, 0.3) is 0 Å². The van der Waals surface area contributed by atoms with E-state index in [1.807, 2.05) is 19.0 Å². The highest BCUT2D eigenvalue weighted by Gasteiger charge is 2.31. The van der Waals surface area contributed by atoms with Crippen molar-refractivity contribution in [1.29, 1.82) is 0 Å². The van der Waals surface area contributed by atoms with Crippen LogP contribution in [0.3, 0.4) is 0 Å². The van der Waals surface area contributed by atoms with Gasteiger partial charge in [-0.1, -0.05) is 0 Å². The van der Waals surface area contributed by atoms with Gasteiger partial charge in [0.15, 0.2) is 5.82 Å². The zero-order valence-electron chi connectivity index (χ0n) is 14.6. The number of amides is 2. The SMILES string of the molecule is CN(C)c1cnnc(NCCNC(=O)Nc2cc(F)cc(C(F)(F)F)c2)c1. The summed E-state index contributed by atoms with van der Waals surface area (Å²) in [6.45, 7) is 0.455. The van der Waals surface area contributed by atoms with E-state index < -0.39 is 23.6 Å². The number of nitrogens with zero attached hydrogens (tertiary/aromatic N) is 3. The summed E-state index contributed by atoms with van der Waals surface area (Å²) in [6.07, 6.45) is -3.12. The fourth-order valence-electron chi connectivity index (χ4n) is 2.05. The lowest BCUT2D eigenvalue weighted by Crippen LogP contribution is -2.32. The normalized spacial score (nSPS) is 11.0. The predicted molar refractivity (Wildman–Crippen MR) is 93.3 cm³/mol. The minimum atomic E-state index is -4.71. The molecule has 146 valence electrons. The Balaban J connectivity index is 1.83. The number of aromatic nitrogens is 2. The molecule has 2 amide bonds. The molecule has 7 nitrogen and oxygen atoms in total. The van der Waals surface area contributed by atoms with Gasteiger partial charge in [0.05, 0.1) is 17.4 Å². The average molecular weight is 386 g/mol. The highest BCUT2D eigenvalue weighted by Crippen LogP contribution is 2.31. The summed E-state index contributed by atoms with van der Waals surface area (Å²) in [4.78, 5) is 13.6. The second-order valence-corrected chi connectivity index (χ2v) is 5.73. The monoisotopic (exact) mass is 386 g/mol. The molecule has 0 radical (unpaired) electrons. The number of urea groups is 1. The molecule has 3 N–H and O–H groups in total. The van der Waals surface area contributed by atoms with Gasteiger partial charge < -0.3 is 20.9 Å². The molecule has 1 aromatic heterocycles. The van der Waals surface area contributed by atoms with Crippen molar-refractivity contribution in [2.24, 2.45) is 0 Å². The summed E-state index contributed by atoms with van der Waals surface area (Å²) in [6, 6.07) is 2.82. The van der Waals surface area contributed by atoms with Crippen LogP contribution in [0, 0.1) is 5.82 Å². The van der Waals surface area contributed by atoms with E-state index in [9.17, 15) is 22.4 Å². The second-order valence-electron chi connectivity index (χ2n) is 5.73. The first kappa shape index (κ1) is 20.2. The van der Waals surface area contributed by atoms with Crippen molar-refractivity contribution in [2.75, 3.05) is 42.7 Å². The molecule has 0 saturated carbocycles. The lowest BCUT2D eigenvalue weighted by Gasteiger charge is -2.13. The topological polar surface area (TPSA) is 82.2 Å². The first-order valence-corrected chi connectivity index (χ1v) is 7.82. The Labute approximate surface area is 152 Å². The molecule has 0 aliphatic heterocycles. The predicted octanol–water partition coefficient (Wildman–Crippen LogP) is 2.93. The van der Waals surface area contributed by atoms with Gasteiger partial charge in [0, 0.05) is 38.9 Å². The molecule has 0 unspecified atom stereocenters. The third kappa shape index (κ3) is 6.28. The van der Waals surface area contributed by atoms with Gasteiger partial charge in [0.1, 0.15) is 5.82 Å². The molecule has 0 aliphatic rings. The van der Waals surface area contributed by atoms with Gasteiger partial charge in [-0.25, -0.2) is 9.18 Å². The van der Waals surface area contributed by atoms with Gasteiger partial charge in [0.2, 0.25) is 0 Å². The van der Waals surface area contributed by atoms with Crippen molar-refractivity contribution in [1.82, 2.24) is 15.5 Å². The lowest BCUT2D eigenvalue weighted by molar-refractivity contribution is -0.137. The van der Waals surface area contributed by atoms with Gasteiger partial charge >= 0.3 is 12.2 Å². The summed E-state index contributed by atoms with van der Waals surface area (Å²) < 4.78 is 51.3. The van der Waals surface area contributed by atoms with Crippen molar-refractivity contribution >= 4 is 23.2 Å². The maximum absolute atomic E-state index is 13.3. The Morgan fingerprint density at radius 3 is 2.56 bits per heavy atom. The number of alkyl halides is 3. The van der Waals surface area contributed by atoms with E-state index in [0.717, 1.165) is 11.8 Å². The molecule has 0 spiro atoms. The summed E-state index contributed by atoms with van der Waals surface area (Å²) in [5, 5.41) is 15.3. The molecule has 2 aromatic rings. The minimum Gasteiger partial charge on any atom is -0.376 e. The Hall–Kier alpha value is -3.11. The van der Waals surface area contributed by atoms with E-state index in [2.05, 4.69) is 26.1 Å². The largest absolute Gasteiger partial charge is 0.416 e. The molecule has 27 heavy (non-hydrogen) atoms. The molecule has 1 aromatic carbocycles. The number of carbonyl (C=O) groups excluding carboxylic acids is 1. The molecule has 0 fully saturated rings. The molecule has 0 aliphatic carbocycles. The van der Waals surface area contributed by atoms with E-state index >= 15 is 0 Å². The van der Waals surface area contributed by atoms with Crippen molar-refractivity contribution in [2.45, 2.75) is 6.18 Å². The van der Waals surface area contributed by atoms with E-state index in [4.69, 9.17) is 0 Å². The Morgan fingerprint density at radius 2 is 1.89 bits per heavy atom. The quantitative estimate of drug-likeness (QED) is 0.525. The van der Waals surface area contributed by atoms with Crippen LogP contribution in [0.4, 0.5) is 39.5 Å². The minimum absolute atomic E-state index is 0.154. The number of carbonyl (C=O) groups is 1. The third-order valence-corrected chi connectivity index (χ3v) is 3.36. The number of nitrogens with one attached hydrogen (secondary N) is 3. The molecule has 11 heteroatoms. The lowest BCUT2D eigenvalue weighted by atomic mass is 10.2. The molecular formula is C16H18F4N6O. The van der Waals surface area contributed by atoms with Gasteiger partial charge in [0.25, 0.3) is 0 Å². The van der Waals surface area contributed by atoms with Crippen LogP contribution in [-0.2, 0) is 6.18 Å². The Morgan fingerprint density at radius 1 is 1.15 bits per heavy atom. The number of benzene rings is 1. The first-order valence-electron chi connectivity index (χ1n) is 7.82. The fraction of sp³-hybridized carbons (Fsp3) is 0.312. The summed E-state index contributed by atoms with van der Waals surface area (Å²) in [7, 11) is 3.70. The number of rotatable bonds is 6. The van der Waals surface area contributed by atoms with Crippen LogP contribution >= 0.6 is 0 Å². The molecule has 0 bridgehead atoms. The van der Waals surface area contributed by atoms with Gasteiger partial charge in [-0.05, 0) is 18.2 Å². The number of hydrogen-bond donors (Lipinski definition) is 3. The molecule has 1 heterocycles. The van der Waals surface area contributed by atoms with Crippen LogP contribution < -0.4 is 20.9 Å². The second kappa shape index (κ2) is 8.52. The maximum atomic E-state index is 13.3. The van der Waals surface area contributed by atoms with Gasteiger partial charge in [-0.2, -0.15) is 18.3 Å². The zero-order chi connectivity index (χ0) is 20.0. The summed E-state index contributed by atoms with van der Waals surface area (Å²) in [5.41, 5.74) is -0.638. The van der Waals surface area contributed by atoms with Crippen LogP contribution in [0.1, 0.15) is 5.56 Å². The standard InChI is InChI=1S/C16H18F4N6O/c1-26(2)13-8-14(25-23-9-13)21-3-4-22-15(27)24-12-6-10(16(18,19)20)5-11(17)7-12/h5-9H,3-4H2,1-2H3,(H,21,25)(H2,22,24,27). The van der Waals surface area contributed by atoms with Gasteiger partial charge in [-0.3, -0.25) is 0 Å². The zero-order valence-corrected chi connectivity index (χ0v) is 14.6. The fourth-order valence-corrected chi connectivity index (χ4v) is 2.05. The maximum Gasteiger partial charge on any atom is 0.416 e. The number of anilines is 3. The van der Waals surface area contributed by atoms with Crippen molar-refractivity contribution < 1.29 is 22.4 Å². The molecule has 0 saturated heterocycles. The molecule has 0 atom stereocenters. The average Bonchev–Trinajstić information content (AvgIpc) is 2.57. The summed E-state index contributed by atoms with van der Waals surface area (Å²) >= 11 is 0. The summed E-state index contributed by atoms with van der Waals surface area (Å²) in [5.74, 6) is -0.593. The van der Waals surface area contributed by atoms with Crippen LogP contribution in [0.15, 0.2) is 30.5 Å². The highest BCUT2D eigenvalue weighted by molar-refractivity contribution is 5.89.